The number of rotatable bonds is 14. The van der Waals surface area contributed by atoms with Crippen LogP contribution in [-0.2, 0) is 9.47 Å². The van der Waals surface area contributed by atoms with E-state index in [-0.39, 0.29) is 35.5 Å². The van der Waals surface area contributed by atoms with Crippen LogP contribution in [-0.4, -0.2) is 69.5 Å². The van der Waals surface area contributed by atoms with Crippen LogP contribution < -0.4 is 0 Å². The van der Waals surface area contributed by atoms with Crippen molar-refractivity contribution < 1.29 is 58.7 Å². The Morgan fingerprint density at radius 3 is 1.16 bits per heavy atom. The normalized spacial score (nSPS) is 10.4. The van der Waals surface area contributed by atoms with E-state index in [1.165, 1.54) is 0 Å². The lowest BCUT2D eigenvalue weighted by Gasteiger charge is -2.09. The highest BCUT2D eigenvalue weighted by Crippen LogP contribution is 2.16. The molecule has 0 aliphatic heterocycles. The van der Waals surface area contributed by atoms with Crippen molar-refractivity contribution in [2.75, 3.05) is 13.2 Å². The van der Waals surface area contributed by atoms with E-state index < -0.39 is 46.9 Å². The molecule has 196 valence electrons. The van der Waals surface area contributed by atoms with Gasteiger partial charge in [0, 0.05) is 0 Å². The molecule has 0 saturated heterocycles. The smallest absolute Gasteiger partial charge is 0.339 e. The molecule has 12 nitrogen and oxygen atoms in total. The van der Waals surface area contributed by atoms with E-state index in [0.29, 0.717) is 32.1 Å². The van der Waals surface area contributed by atoms with E-state index >= 15 is 0 Å². The summed E-state index contributed by atoms with van der Waals surface area (Å²) in [5, 5.41) is 36.4. The summed E-state index contributed by atoms with van der Waals surface area (Å²) in [7, 11) is 0. The molecule has 2 rings (SSSR count). The van der Waals surface area contributed by atoms with E-state index in [0.717, 1.165) is 36.4 Å². The van der Waals surface area contributed by atoms with Crippen LogP contribution in [0.15, 0.2) is 36.4 Å². The topological polar surface area (TPSA) is 202 Å². The molecule has 0 spiro atoms. The van der Waals surface area contributed by atoms with E-state index in [4.69, 9.17) is 19.7 Å². The number of carbonyl (C=O) groups is 6. The third-order valence-electron chi connectivity index (χ3n) is 5.19. The number of ether oxygens (including phenoxy) is 2. The lowest BCUT2D eigenvalue weighted by molar-refractivity contribution is 0.0483. The van der Waals surface area contributed by atoms with Crippen molar-refractivity contribution in [3.05, 3.63) is 69.8 Å². The maximum Gasteiger partial charge on any atom is 0.339 e. The molecular weight excluding hydrogens is 492 g/mol. The van der Waals surface area contributed by atoms with Crippen LogP contribution in [0.5, 0.6) is 0 Å². The number of carboxylic acid groups (broad SMARTS) is 4. The summed E-state index contributed by atoms with van der Waals surface area (Å²) < 4.78 is 10.2. The van der Waals surface area contributed by atoms with Crippen molar-refractivity contribution in [3.8, 4) is 0 Å². The first kappa shape index (κ1) is 28.5. The molecule has 12 heteroatoms. The Bertz CT molecular complexity index is 1120. The van der Waals surface area contributed by atoms with Crippen molar-refractivity contribution in [1.29, 1.82) is 0 Å². The maximum absolute atomic E-state index is 12.2. The van der Waals surface area contributed by atoms with Crippen molar-refractivity contribution in [3.63, 3.8) is 0 Å². The second kappa shape index (κ2) is 13.4. The van der Waals surface area contributed by atoms with Crippen LogP contribution in [0.2, 0.25) is 0 Å². The maximum atomic E-state index is 12.2. The monoisotopic (exact) mass is 516 g/mol. The third kappa shape index (κ3) is 8.16. The van der Waals surface area contributed by atoms with E-state index in [1.807, 2.05) is 0 Å². The van der Waals surface area contributed by atoms with Gasteiger partial charge in [-0.2, -0.15) is 0 Å². The molecule has 0 aliphatic rings. The highest BCUT2D eigenvalue weighted by Gasteiger charge is 2.21. The van der Waals surface area contributed by atoms with Crippen molar-refractivity contribution in [2.24, 2.45) is 0 Å². The summed E-state index contributed by atoms with van der Waals surface area (Å²) in [5.74, 6) is -7.30. The predicted molar refractivity (Wildman–Crippen MR) is 124 cm³/mol. The SMILES string of the molecule is O=C(O)c1ccc(C(=O)OCCCCCCCOC(=O)c2ccc(C(=O)O)cc2C(=O)O)c(C(=O)O)c1. The number of hydrogen-bond acceptors (Lipinski definition) is 8. The minimum Gasteiger partial charge on any atom is -0.478 e. The summed E-state index contributed by atoms with van der Waals surface area (Å²) in [6, 6.07) is 6.20. The third-order valence-corrected chi connectivity index (χ3v) is 5.19. The van der Waals surface area contributed by atoms with Gasteiger partial charge < -0.3 is 29.9 Å². The van der Waals surface area contributed by atoms with Gasteiger partial charge in [-0.3, -0.25) is 0 Å². The largest absolute Gasteiger partial charge is 0.478 e. The predicted octanol–water partition coefficient (Wildman–Crippen LogP) is 3.44. The van der Waals surface area contributed by atoms with Crippen LogP contribution in [0.1, 0.15) is 94.3 Å². The van der Waals surface area contributed by atoms with Gasteiger partial charge in [0.2, 0.25) is 0 Å². The molecule has 4 N–H and O–H groups in total. The molecule has 0 amide bonds. The lowest BCUT2D eigenvalue weighted by atomic mass is 10.0. The Hall–Kier alpha value is -4.74. The van der Waals surface area contributed by atoms with Gasteiger partial charge in [0.15, 0.2) is 0 Å². The van der Waals surface area contributed by atoms with E-state index in [2.05, 4.69) is 0 Å². The molecule has 0 atom stereocenters. The molecule has 37 heavy (non-hydrogen) atoms. The number of carbonyl (C=O) groups excluding carboxylic acids is 2. The average molecular weight is 516 g/mol. The first-order chi connectivity index (χ1) is 17.5. The minimum atomic E-state index is -1.45. The molecule has 0 bridgehead atoms. The van der Waals surface area contributed by atoms with Crippen molar-refractivity contribution >= 4 is 35.8 Å². The lowest BCUT2D eigenvalue weighted by Crippen LogP contribution is -2.14. The Morgan fingerprint density at radius 2 is 0.838 bits per heavy atom. The summed E-state index contributed by atoms with van der Waals surface area (Å²) >= 11 is 0. The standard InChI is InChI=1S/C25H24O12/c26-20(27)14-6-8-16(18(12-14)22(30)31)24(34)36-10-4-2-1-3-5-11-37-25(35)17-9-7-15(21(28)29)13-19(17)23(32)33/h6-9,12-13H,1-5,10-11H2,(H,26,27)(H,28,29)(H,30,31)(H,32,33). The van der Waals surface area contributed by atoms with Gasteiger partial charge in [-0.15, -0.1) is 0 Å². The van der Waals surface area contributed by atoms with Crippen molar-refractivity contribution in [2.45, 2.75) is 32.1 Å². The summed E-state index contributed by atoms with van der Waals surface area (Å²) in [6.45, 7) is 0.0513. The quantitative estimate of drug-likeness (QED) is 0.211. The fourth-order valence-electron chi connectivity index (χ4n) is 3.28. The fraction of sp³-hybridized carbons (Fsp3) is 0.280. The Morgan fingerprint density at radius 1 is 0.486 bits per heavy atom. The highest BCUT2D eigenvalue weighted by atomic mass is 16.5. The molecule has 2 aromatic rings. The number of benzene rings is 2. The highest BCUT2D eigenvalue weighted by molar-refractivity contribution is 6.05. The first-order valence-electron chi connectivity index (χ1n) is 11.1. The molecule has 2 aromatic carbocycles. The Kier molecular flexibility index (Phi) is 10.3. The van der Waals surface area contributed by atoms with E-state index in [9.17, 15) is 39.0 Å². The van der Waals surface area contributed by atoms with Gasteiger partial charge in [-0.05, 0) is 49.2 Å². The van der Waals surface area contributed by atoms with Gasteiger partial charge in [0.05, 0.1) is 46.6 Å². The number of carboxylic acids is 4. The number of esters is 2. The first-order valence-corrected chi connectivity index (χ1v) is 11.1. The number of aromatic carboxylic acids is 4. The number of hydrogen-bond donors (Lipinski definition) is 4. The molecule has 0 unspecified atom stereocenters. The van der Waals surface area contributed by atoms with Crippen LogP contribution in [0.25, 0.3) is 0 Å². The van der Waals surface area contributed by atoms with Gasteiger partial charge in [-0.25, -0.2) is 28.8 Å². The van der Waals surface area contributed by atoms with E-state index in [1.54, 1.807) is 0 Å². The summed E-state index contributed by atoms with van der Waals surface area (Å²) in [6.07, 6.45) is 2.99. The minimum absolute atomic E-state index is 0.0257. The van der Waals surface area contributed by atoms with Crippen LogP contribution in [0.4, 0.5) is 0 Å². The van der Waals surface area contributed by atoms with Crippen LogP contribution >= 0.6 is 0 Å². The second-order valence-corrected chi connectivity index (χ2v) is 7.78. The number of unbranched alkanes of at least 4 members (excludes halogenated alkanes) is 4. The Labute approximate surface area is 210 Å². The van der Waals surface area contributed by atoms with Crippen molar-refractivity contribution in [1.82, 2.24) is 0 Å². The molecule has 0 aromatic heterocycles. The second-order valence-electron chi connectivity index (χ2n) is 7.78. The molecule has 0 saturated carbocycles. The summed E-state index contributed by atoms with van der Waals surface area (Å²) in [5.41, 5.74) is -1.96. The van der Waals surface area contributed by atoms with Crippen LogP contribution in [0, 0.1) is 0 Å². The van der Waals surface area contributed by atoms with Gasteiger partial charge in [0.25, 0.3) is 0 Å². The molecule has 0 heterocycles. The zero-order chi connectivity index (χ0) is 27.5. The molecule has 0 fully saturated rings. The summed E-state index contributed by atoms with van der Waals surface area (Å²) in [4.78, 5) is 69.0. The van der Waals surface area contributed by atoms with Gasteiger partial charge in [0.1, 0.15) is 0 Å². The average Bonchev–Trinajstić information content (AvgIpc) is 2.86. The van der Waals surface area contributed by atoms with Gasteiger partial charge in [-0.1, -0.05) is 19.3 Å². The zero-order valence-electron chi connectivity index (χ0n) is 19.5. The van der Waals surface area contributed by atoms with Gasteiger partial charge >= 0.3 is 35.8 Å². The molecule has 0 aliphatic carbocycles. The molecule has 0 radical (unpaired) electrons. The Balaban J connectivity index is 1.70. The zero-order valence-corrected chi connectivity index (χ0v) is 19.5. The molecular formula is C25H24O12. The van der Waals surface area contributed by atoms with Crippen LogP contribution in [0.3, 0.4) is 0 Å². The fourth-order valence-corrected chi connectivity index (χ4v) is 3.28.